The highest BCUT2D eigenvalue weighted by Crippen LogP contribution is 2.07. The van der Waals surface area contributed by atoms with Gasteiger partial charge in [-0.2, -0.15) is 5.26 Å². The van der Waals surface area contributed by atoms with Crippen molar-refractivity contribution in [1.82, 2.24) is 0 Å². The first-order valence-electron chi connectivity index (χ1n) is 3.34. The van der Waals surface area contributed by atoms with E-state index in [1.54, 1.807) is 0 Å². The third kappa shape index (κ3) is 7.04. The zero-order valence-electron chi connectivity index (χ0n) is 7.18. The Morgan fingerprint density at radius 3 is 2.45 bits per heavy atom. The molecule has 0 aliphatic rings. The molecule has 0 N–H and O–H groups in total. The number of rotatable bonds is 3. The van der Waals surface area contributed by atoms with Crippen molar-refractivity contribution >= 4 is 0 Å². The van der Waals surface area contributed by atoms with Gasteiger partial charge in [-0.25, -0.2) is 9.78 Å². The molecule has 0 aromatic heterocycles. The number of nitrogens with zero attached hydrogens (tertiary/aromatic N) is 1. The van der Waals surface area contributed by atoms with E-state index in [9.17, 15) is 0 Å². The van der Waals surface area contributed by atoms with E-state index in [1.807, 2.05) is 26.8 Å². The fraction of sp³-hybridized carbons (Fsp3) is 0.625. The molecule has 0 spiro atoms. The molecule has 3 heteroatoms. The van der Waals surface area contributed by atoms with Crippen LogP contribution in [0.5, 0.6) is 0 Å². The van der Waals surface area contributed by atoms with Crippen LogP contribution >= 0.6 is 0 Å². The van der Waals surface area contributed by atoms with Gasteiger partial charge in [0.1, 0.15) is 6.61 Å². The molecule has 0 aliphatic carbocycles. The lowest BCUT2D eigenvalue weighted by Gasteiger charge is -2.16. The highest BCUT2D eigenvalue weighted by Gasteiger charge is 2.11. The van der Waals surface area contributed by atoms with Crippen molar-refractivity contribution in [2.45, 2.75) is 26.4 Å². The van der Waals surface area contributed by atoms with E-state index in [0.717, 1.165) is 0 Å². The second-order valence-corrected chi connectivity index (χ2v) is 3.17. The molecule has 0 heterocycles. The van der Waals surface area contributed by atoms with Crippen LogP contribution in [0, 0.1) is 11.3 Å². The van der Waals surface area contributed by atoms with Gasteiger partial charge in [0.15, 0.2) is 0 Å². The largest absolute Gasteiger partial charge is 0.231 e. The maximum absolute atomic E-state index is 8.28. The van der Waals surface area contributed by atoms with Gasteiger partial charge in [0, 0.05) is 0 Å². The average Bonchev–Trinajstić information content (AvgIpc) is 1.85. The Bertz CT molecular complexity index is 174. The maximum atomic E-state index is 8.28. The minimum Gasteiger partial charge on any atom is -0.231 e. The summed E-state index contributed by atoms with van der Waals surface area (Å²) in [5.41, 5.74) is 0.0182. The molecule has 0 amide bonds. The first-order valence-corrected chi connectivity index (χ1v) is 3.34. The molecule has 62 valence electrons. The van der Waals surface area contributed by atoms with Crippen LogP contribution < -0.4 is 0 Å². The van der Waals surface area contributed by atoms with Crippen molar-refractivity contribution in [1.29, 1.82) is 5.26 Å². The number of hydrogen-bond donors (Lipinski definition) is 0. The number of nitriles is 1. The Kier molecular flexibility index (Phi) is 3.80. The van der Waals surface area contributed by atoms with Gasteiger partial charge in [0.2, 0.25) is 0 Å². The molecule has 0 rings (SSSR count). The van der Waals surface area contributed by atoms with Gasteiger partial charge in [0.25, 0.3) is 0 Å². The van der Waals surface area contributed by atoms with E-state index in [2.05, 4.69) is 6.58 Å². The molecule has 0 aliphatic heterocycles. The zero-order chi connectivity index (χ0) is 8.91. The zero-order valence-corrected chi connectivity index (χ0v) is 7.18. The van der Waals surface area contributed by atoms with Crippen molar-refractivity contribution in [2.75, 3.05) is 6.61 Å². The minimum atomic E-state index is -0.338. The summed E-state index contributed by atoms with van der Waals surface area (Å²) < 4.78 is 0. The molecule has 3 nitrogen and oxygen atoms in total. The summed E-state index contributed by atoms with van der Waals surface area (Å²) in [5, 5.41) is 8.28. The van der Waals surface area contributed by atoms with Crippen LogP contribution in [-0.4, -0.2) is 12.2 Å². The molecule has 0 unspecified atom stereocenters. The van der Waals surface area contributed by atoms with Crippen LogP contribution in [0.3, 0.4) is 0 Å². The monoisotopic (exact) mass is 155 g/mol. The predicted octanol–water partition coefficient (Wildman–Crippen LogP) is 1.81. The first-order chi connectivity index (χ1) is 4.95. The van der Waals surface area contributed by atoms with Gasteiger partial charge in [0.05, 0.1) is 17.2 Å². The van der Waals surface area contributed by atoms with Gasteiger partial charge in [-0.3, -0.25) is 0 Å². The molecule has 0 fully saturated rings. The van der Waals surface area contributed by atoms with Crippen LogP contribution in [0.15, 0.2) is 12.2 Å². The third-order valence-electron chi connectivity index (χ3n) is 0.700. The Morgan fingerprint density at radius 1 is 1.55 bits per heavy atom. The molecular formula is C8H13NO2. The van der Waals surface area contributed by atoms with Crippen molar-refractivity contribution in [2.24, 2.45) is 0 Å². The molecule has 0 saturated heterocycles. The number of hydrogen-bond acceptors (Lipinski definition) is 3. The van der Waals surface area contributed by atoms with Crippen LogP contribution in [-0.2, 0) is 9.78 Å². The quantitative estimate of drug-likeness (QED) is 0.354. The van der Waals surface area contributed by atoms with Crippen molar-refractivity contribution in [3.8, 4) is 6.07 Å². The summed E-state index contributed by atoms with van der Waals surface area (Å²) in [6.45, 7) is 9.15. The SMILES string of the molecule is C=C(C#N)COOC(C)(C)C. The van der Waals surface area contributed by atoms with E-state index in [1.165, 1.54) is 0 Å². The van der Waals surface area contributed by atoms with E-state index in [4.69, 9.17) is 15.0 Å². The second kappa shape index (κ2) is 4.12. The van der Waals surface area contributed by atoms with Gasteiger partial charge in [-0.1, -0.05) is 6.58 Å². The summed E-state index contributed by atoms with van der Waals surface area (Å²) in [4.78, 5) is 9.62. The molecule has 0 saturated carbocycles. The highest BCUT2D eigenvalue weighted by molar-refractivity contribution is 5.15. The first kappa shape index (κ1) is 10.2. The fourth-order valence-electron chi connectivity index (χ4n) is 0.310. The predicted molar refractivity (Wildman–Crippen MR) is 41.5 cm³/mol. The van der Waals surface area contributed by atoms with Crippen LogP contribution in [0.2, 0.25) is 0 Å². The standard InChI is InChI=1S/C8H13NO2/c1-7(5-9)6-10-11-8(2,3)4/h1,6H2,2-4H3. The average molecular weight is 155 g/mol. The van der Waals surface area contributed by atoms with Crippen molar-refractivity contribution < 1.29 is 9.78 Å². The Morgan fingerprint density at radius 2 is 2.09 bits per heavy atom. The lowest BCUT2D eigenvalue weighted by Crippen LogP contribution is -2.19. The molecule has 11 heavy (non-hydrogen) atoms. The molecule has 0 aromatic rings. The summed E-state index contributed by atoms with van der Waals surface area (Å²) in [6.07, 6.45) is 0. The van der Waals surface area contributed by atoms with Crippen LogP contribution in [0.4, 0.5) is 0 Å². The van der Waals surface area contributed by atoms with Crippen LogP contribution in [0.25, 0.3) is 0 Å². The highest BCUT2D eigenvalue weighted by atomic mass is 17.2. The summed E-state index contributed by atoms with van der Waals surface area (Å²) in [5.74, 6) is 0. The van der Waals surface area contributed by atoms with Gasteiger partial charge in [-0.15, -0.1) is 0 Å². The summed E-state index contributed by atoms with van der Waals surface area (Å²) in [7, 11) is 0. The van der Waals surface area contributed by atoms with Gasteiger partial charge in [-0.05, 0) is 20.8 Å². The third-order valence-corrected chi connectivity index (χ3v) is 0.700. The van der Waals surface area contributed by atoms with Crippen molar-refractivity contribution in [3.05, 3.63) is 12.2 Å². The Labute approximate surface area is 67.2 Å². The van der Waals surface area contributed by atoms with Crippen LogP contribution in [0.1, 0.15) is 20.8 Å². The normalized spacial score (nSPS) is 10.7. The molecule has 0 radical (unpaired) electrons. The molecule has 0 atom stereocenters. The second-order valence-electron chi connectivity index (χ2n) is 3.17. The summed E-state index contributed by atoms with van der Waals surface area (Å²) >= 11 is 0. The van der Waals surface area contributed by atoms with E-state index < -0.39 is 0 Å². The van der Waals surface area contributed by atoms with Crippen molar-refractivity contribution in [3.63, 3.8) is 0 Å². The summed E-state index contributed by atoms with van der Waals surface area (Å²) in [6, 6.07) is 1.85. The molecule has 0 bridgehead atoms. The minimum absolute atomic E-state index is 0.133. The maximum Gasteiger partial charge on any atom is 0.117 e. The van der Waals surface area contributed by atoms with Gasteiger partial charge >= 0.3 is 0 Å². The fourth-order valence-corrected chi connectivity index (χ4v) is 0.310. The smallest absolute Gasteiger partial charge is 0.117 e. The lowest BCUT2D eigenvalue weighted by atomic mass is 10.2. The Balaban J connectivity index is 3.45. The lowest BCUT2D eigenvalue weighted by molar-refractivity contribution is -0.342. The van der Waals surface area contributed by atoms with Gasteiger partial charge < -0.3 is 0 Å². The molecule has 0 aromatic carbocycles. The van der Waals surface area contributed by atoms with E-state index in [-0.39, 0.29) is 12.2 Å². The molecular weight excluding hydrogens is 142 g/mol. The topological polar surface area (TPSA) is 42.2 Å². The Hall–Kier alpha value is -0.850. The van der Waals surface area contributed by atoms with E-state index in [0.29, 0.717) is 5.57 Å². The van der Waals surface area contributed by atoms with E-state index >= 15 is 0 Å².